The molecular formula is C17H25N3O. The monoisotopic (exact) mass is 287 g/mol. The average molecular weight is 287 g/mol. The molecule has 0 bridgehead atoms. The Labute approximate surface area is 127 Å². The Hall–Kier alpha value is -1.57. The number of anilines is 1. The molecule has 21 heavy (non-hydrogen) atoms. The molecule has 1 aliphatic rings. The highest BCUT2D eigenvalue weighted by atomic mass is 16.3. The molecule has 1 atom stereocenters. The molecular weight excluding hydrogens is 262 g/mol. The molecule has 2 N–H and O–H groups in total. The highest BCUT2D eigenvalue weighted by Gasteiger charge is 2.23. The van der Waals surface area contributed by atoms with Gasteiger partial charge in [0.25, 0.3) is 0 Å². The van der Waals surface area contributed by atoms with Crippen molar-refractivity contribution in [3.63, 3.8) is 0 Å². The molecule has 1 heterocycles. The fourth-order valence-corrected chi connectivity index (χ4v) is 2.85. The Balaban J connectivity index is 2.08. The maximum absolute atomic E-state index is 9.41. The summed E-state index contributed by atoms with van der Waals surface area (Å²) in [6.45, 7) is 7.20. The second-order valence-corrected chi connectivity index (χ2v) is 6.11. The van der Waals surface area contributed by atoms with Gasteiger partial charge in [0.2, 0.25) is 0 Å². The van der Waals surface area contributed by atoms with Gasteiger partial charge in [-0.1, -0.05) is 19.9 Å². The van der Waals surface area contributed by atoms with E-state index in [1.807, 2.05) is 6.07 Å². The van der Waals surface area contributed by atoms with Gasteiger partial charge >= 0.3 is 0 Å². The maximum Gasteiger partial charge on any atom is 0.101 e. The fourth-order valence-electron chi connectivity index (χ4n) is 2.85. The van der Waals surface area contributed by atoms with Gasteiger partial charge in [-0.25, -0.2) is 0 Å². The van der Waals surface area contributed by atoms with Gasteiger partial charge in [0.15, 0.2) is 0 Å². The third-order valence-electron chi connectivity index (χ3n) is 4.06. The predicted octanol–water partition coefficient (Wildman–Crippen LogP) is 2.26. The van der Waals surface area contributed by atoms with E-state index in [1.54, 1.807) is 0 Å². The maximum atomic E-state index is 9.41. The number of nitrogens with zero attached hydrogens (tertiary/aromatic N) is 2. The van der Waals surface area contributed by atoms with Crippen molar-refractivity contribution in [1.82, 2.24) is 5.32 Å². The van der Waals surface area contributed by atoms with E-state index in [9.17, 15) is 5.26 Å². The molecule has 4 heteroatoms. The smallest absolute Gasteiger partial charge is 0.101 e. The first kappa shape index (κ1) is 15.8. The number of hydrogen-bond acceptors (Lipinski definition) is 4. The fraction of sp³-hybridized carbons (Fsp3) is 0.588. The van der Waals surface area contributed by atoms with Crippen molar-refractivity contribution in [2.75, 3.05) is 24.6 Å². The second kappa shape index (κ2) is 7.44. The quantitative estimate of drug-likeness (QED) is 0.842. The van der Waals surface area contributed by atoms with Crippen LogP contribution in [0.15, 0.2) is 18.2 Å². The standard InChI is InChI=1S/C17H25N3O/c1-13(2)19-11-15-3-4-17(16(9-15)10-18)20-7-5-14(12-20)6-8-21/h3-4,9,13-14,19,21H,5-8,11-12H2,1-2H3. The van der Waals surface area contributed by atoms with Gasteiger partial charge < -0.3 is 15.3 Å². The van der Waals surface area contributed by atoms with Crippen LogP contribution in [0.25, 0.3) is 0 Å². The molecule has 4 nitrogen and oxygen atoms in total. The lowest BCUT2D eigenvalue weighted by atomic mass is 10.1. The molecule has 0 aliphatic carbocycles. The predicted molar refractivity (Wildman–Crippen MR) is 85.2 cm³/mol. The Kier molecular flexibility index (Phi) is 5.60. The van der Waals surface area contributed by atoms with Crippen LogP contribution in [0.1, 0.15) is 37.8 Å². The number of benzene rings is 1. The van der Waals surface area contributed by atoms with E-state index < -0.39 is 0 Å². The molecule has 0 saturated carbocycles. The van der Waals surface area contributed by atoms with Crippen LogP contribution in [0.2, 0.25) is 0 Å². The van der Waals surface area contributed by atoms with E-state index >= 15 is 0 Å². The van der Waals surface area contributed by atoms with E-state index in [1.165, 1.54) is 0 Å². The first-order chi connectivity index (χ1) is 10.1. The molecule has 1 saturated heterocycles. The van der Waals surface area contributed by atoms with E-state index in [4.69, 9.17) is 5.11 Å². The summed E-state index contributed by atoms with van der Waals surface area (Å²) in [7, 11) is 0. The molecule has 1 aromatic carbocycles. The van der Waals surface area contributed by atoms with E-state index in [0.717, 1.165) is 49.3 Å². The summed E-state index contributed by atoms with van der Waals surface area (Å²) < 4.78 is 0. The summed E-state index contributed by atoms with van der Waals surface area (Å²) in [4.78, 5) is 2.28. The molecule has 0 radical (unpaired) electrons. The summed E-state index contributed by atoms with van der Waals surface area (Å²) in [5, 5.41) is 21.8. The molecule has 114 valence electrons. The van der Waals surface area contributed by atoms with Crippen molar-refractivity contribution in [3.05, 3.63) is 29.3 Å². The molecule has 0 spiro atoms. The first-order valence-electron chi connectivity index (χ1n) is 7.76. The summed E-state index contributed by atoms with van der Waals surface area (Å²) in [5.41, 5.74) is 2.93. The number of nitriles is 1. The second-order valence-electron chi connectivity index (χ2n) is 6.11. The summed E-state index contributed by atoms with van der Waals surface area (Å²) in [6.07, 6.45) is 1.96. The van der Waals surface area contributed by atoms with Crippen LogP contribution in [0.5, 0.6) is 0 Å². The SMILES string of the molecule is CC(C)NCc1ccc(N2CCC(CCO)C2)c(C#N)c1. The van der Waals surface area contributed by atoms with Gasteiger partial charge in [0.05, 0.1) is 11.3 Å². The molecule has 0 aromatic heterocycles. The van der Waals surface area contributed by atoms with Crippen molar-refractivity contribution >= 4 is 5.69 Å². The minimum absolute atomic E-state index is 0.253. The molecule has 1 aromatic rings. The van der Waals surface area contributed by atoms with Crippen LogP contribution in [0, 0.1) is 17.2 Å². The van der Waals surface area contributed by atoms with Crippen molar-refractivity contribution in [2.24, 2.45) is 5.92 Å². The van der Waals surface area contributed by atoms with Crippen LogP contribution >= 0.6 is 0 Å². The summed E-state index contributed by atoms with van der Waals surface area (Å²) in [6, 6.07) is 8.93. The van der Waals surface area contributed by atoms with Crippen LogP contribution < -0.4 is 10.2 Å². The number of rotatable bonds is 6. The van der Waals surface area contributed by atoms with Gasteiger partial charge in [0, 0.05) is 32.3 Å². The van der Waals surface area contributed by atoms with E-state index in [-0.39, 0.29) is 6.61 Å². The topological polar surface area (TPSA) is 59.3 Å². The van der Waals surface area contributed by atoms with Crippen LogP contribution in [0.4, 0.5) is 5.69 Å². The lowest BCUT2D eigenvalue weighted by Gasteiger charge is -2.21. The van der Waals surface area contributed by atoms with Crippen LogP contribution in [-0.2, 0) is 6.54 Å². The normalized spacial score (nSPS) is 18.2. The molecule has 1 unspecified atom stereocenters. The van der Waals surface area contributed by atoms with Crippen molar-refractivity contribution in [3.8, 4) is 6.07 Å². The number of nitrogens with one attached hydrogen (secondary N) is 1. The van der Waals surface area contributed by atoms with Crippen LogP contribution in [0.3, 0.4) is 0 Å². The zero-order valence-corrected chi connectivity index (χ0v) is 13.0. The Morgan fingerprint density at radius 2 is 2.29 bits per heavy atom. The molecule has 1 aliphatic heterocycles. The Morgan fingerprint density at radius 3 is 2.95 bits per heavy atom. The lowest BCUT2D eigenvalue weighted by Crippen LogP contribution is -2.23. The minimum atomic E-state index is 0.253. The zero-order valence-electron chi connectivity index (χ0n) is 13.0. The third kappa shape index (κ3) is 4.20. The van der Waals surface area contributed by atoms with Gasteiger partial charge in [0.1, 0.15) is 6.07 Å². The first-order valence-corrected chi connectivity index (χ1v) is 7.76. The number of hydrogen-bond donors (Lipinski definition) is 2. The van der Waals surface area contributed by atoms with Crippen molar-refractivity contribution < 1.29 is 5.11 Å². The molecule has 2 rings (SSSR count). The third-order valence-corrected chi connectivity index (χ3v) is 4.06. The molecule has 0 amide bonds. The Morgan fingerprint density at radius 1 is 1.48 bits per heavy atom. The largest absolute Gasteiger partial charge is 0.396 e. The summed E-state index contributed by atoms with van der Waals surface area (Å²) in [5.74, 6) is 0.545. The van der Waals surface area contributed by atoms with Gasteiger partial charge in [-0.2, -0.15) is 5.26 Å². The number of aliphatic hydroxyl groups is 1. The Bertz CT molecular complexity index is 507. The van der Waals surface area contributed by atoms with Crippen LogP contribution in [-0.4, -0.2) is 30.8 Å². The average Bonchev–Trinajstić information content (AvgIpc) is 2.93. The van der Waals surface area contributed by atoms with E-state index in [0.29, 0.717) is 12.0 Å². The molecule has 1 fully saturated rings. The zero-order chi connectivity index (χ0) is 15.2. The van der Waals surface area contributed by atoms with Gasteiger partial charge in [-0.05, 0) is 36.5 Å². The highest BCUT2D eigenvalue weighted by molar-refractivity contribution is 5.61. The summed E-state index contributed by atoms with van der Waals surface area (Å²) >= 11 is 0. The minimum Gasteiger partial charge on any atom is -0.396 e. The number of aliphatic hydroxyl groups excluding tert-OH is 1. The van der Waals surface area contributed by atoms with E-state index in [2.05, 4.69) is 42.3 Å². The van der Waals surface area contributed by atoms with Crippen molar-refractivity contribution in [1.29, 1.82) is 5.26 Å². The lowest BCUT2D eigenvalue weighted by molar-refractivity contribution is 0.263. The van der Waals surface area contributed by atoms with Crippen molar-refractivity contribution in [2.45, 2.75) is 39.3 Å². The highest BCUT2D eigenvalue weighted by Crippen LogP contribution is 2.28. The van der Waals surface area contributed by atoms with Gasteiger partial charge in [-0.15, -0.1) is 0 Å². The van der Waals surface area contributed by atoms with Gasteiger partial charge in [-0.3, -0.25) is 0 Å².